The van der Waals surface area contributed by atoms with Crippen LogP contribution in [0.4, 0.5) is 5.69 Å². The minimum absolute atomic E-state index is 0.0988. The summed E-state index contributed by atoms with van der Waals surface area (Å²) in [6.45, 7) is 4.48. The second-order valence-electron chi connectivity index (χ2n) is 5.82. The average molecular weight is 357 g/mol. The number of nitrogens with one attached hydrogen (secondary N) is 1. The predicted molar refractivity (Wildman–Crippen MR) is 89.6 cm³/mol. The molecule has 0 aromatic carbocycles. The van der Waals surface area contributed by atoms with Crippen molar-refractivity contribution in [2.24, 2.45) is 0 Å². The van der Waals surface area contributed by atoms with E-state index in [0.717, 1.165) is 16.6 Å². The molecule has 0 bridgehead atoms. The van der Waals surface area contributed by atoms with Gasteiger partial charge in [-0.2, -0.15) is 9.40 Å². The molecule has 1 aliphatic heterocycles. The topological polar surface area (TPSA) is 121 Å². The summed E-state index contributed by atoms with van der Waals surface area (Å²) in [6.07, 6.45) is 0.216. The van der Waals surface area contributed by atoms with Crippen LogP contribution in [0.2, 0.25) is 0 Å². The molecule has 3 heterocycles. The molecular formula is C13H19N5O3S2. The number of aromatic nitrogens is 2. The summed E-state index contributed by atoms with van der Waals surface area (Å²) < 4.78 is 24.1. The molecule has 126 valence electrons. The number of hydrogen-bond acceptors (Lipinski definition) is 8. The summed E-state index contributed by atoms with van der Waals surface area (Å²) in [7, 11) is -3.17. The van der Waals surface area contributed by atoms with Gasteiger partial charge in [-0.25, -0.2) is 8.42 Å². The second kappa shape index (κ2) is 5.64. The Balaban J connectivity index is 1.79. The molecule has 2 aromatic rings. The van der Waals surface area contributed by atoms with Gasteiger partial charge in [0.1, 0.15) is 11.1 Å². The molecule has 1 unspecified atom stereocenters. The minimum Gasteiger partial charge on any atom is -0.397 e. The SMILES string of the molecule is Cc1nnc2sc(C(O)NC3CN(S(C)(=O)=O)C3)c(N)c2c1C. The summed E-state index contributed by atoms with van der Waals surface area (Å²) in [5.41, 5.74) is 8.43. The molecule has 1 saturated heterocycles. The first-order valence-electron chi connectivity index (χ1n) is 7.09. The van der Waals surface area contributed by atoms with E-state index < -0.39 is 16.3 Å². The summed E-state index contributed by atoms with van der Waals surface area (Å²) >= 11 is 1.29. The Morgan fingerprint density at radius 1 is 1.39 bits per heavy atom. The summed E-state index contributed by atoms with van der Waals surface area (Å²) in [4.78, 5) is 1.27. The fraction of sp³-hybridized carbons (Fsp3) is 0.538. The molecular weight excluding hydrogens is 338 g/mol. The first kappa shape index (κ1) is 16.5. The number of aliphatic hydroxyl groups is 1. The van der Waals surface area contributed by atoms with Crippen LogP contribution in [0.1, 0.15) is 22.4 Å². The fourth-order valence-electron chi connectivity index (χ4n) is 2.57. The van der Waals surface area contributed by atoms with Crippen LogP contribution < -0.4 is 11.1 Å². The zero-order chi connectivity index (χ0) is 16.9. The van der Waals surface area contributed by atoms with E-state index in [2.05, 4.69) is 15.5 Å². The smallest absolute Gasteiger partial charge is 0.211 e. The summed E-state index contributed by atoms with van der Waals surface area (Å²) in [5.74, 6) is 0. The molecule has 2 aromatic heterocycles. The Kier molecular flexibility index (Phi) is 4.05. The van der Waals surface area contributed by atoms with Crippen molar-refractivity contribution in [1.29, 1.82) is 0 Å². The molecule has 0 radical (unpaired) electrons. The lowest BCUT2D eigenvalue weighted by Gasteiger charge is -2.38. The normalized spacial score (nSPS) is 18.3. The number of fused-ring (bicyclic) bond motifs is 1. The van der Waals surface area contributed by atoms with E-state index >= 15 is 0 Å². The Hall–Kier alpha value is -1.33. The molecule has 10 heteroatoms. The van der Waals surface area contributed by atoms with Crippen LogP contribution in [-0.4, -0.2) is 53.4 Å². The molecule has 8 nitrogen and oxygen atoms in total. The average Bonchev–Trinajstić information content (AvgIpc) is 2.74. The van der Waals surface area contributed by atoms with Gasteiger partial charge in [0.15, 0.2) is 0 Å². The van der Waals surface area contributed by atoms with E-state index in [1.165, 1.54) is 21.9 Å². The Morgan fingerprint density at radius 2 is 2.04 bits per heavy atom. The minimum atomic E-state index is -3.17. The largest absolute Gasteiger partial charge is 0.397 e. The number of sulfonamides is 1. The monoisotopic (exact) mass is 357 g/mol. The lowest BCUT2D eigenvalue weighted by atomic mass is 10.1. The maximum Gasteiger partial charge on any atom is 0.211 e. The highest BCUT2D eigenvalue weighted by molar-refractivity contribution is 7.88. The Labute approximate surface area is 138 Å². The van der Waals surface area contributed by atoms with Crippen LogP contribution in [0, 0.1) is 13.8 Å². The Bertz CT molecular complexity index is 858. The zero-order valence-corrected chi connectivity index (χ0v) is 14.7. The van der Waals surface area contributed by atoms with Crippen LogP contribution in [0.5, 0.6) is 0 Å². The lowest BCUT2D eigenvalue weighted by Crippen LogP contribution is -2.59. The van der Waals surface area contributed by atoms with Gasteiger partial charge in [0.2, 0.25) is 10.0 Å². The van der Waals surface area contributed by atoms with Crippen LogP contribution in [0.15, 0.2) is 0 Å². The maximum atomic E-state index is 11.4. The number of hydrogen-bond donors (Lipinski definition) is 3. The highest BCUT2D eigenvalue weighted by atomic mass is 32.2. The van der Waals surface area contributed by atoms with Crippen LogP contribution in [0.3, 0.4) is 0 Å². The van der Waals surface area contributed by atoms with E-state index in [1.807, 2.05) is 13.8 Å². The molecule has 1 atom stereocenters. The van der Waals surface area contributed by atoms with Crippen molar-refractivity contribution in [3.8, 4) is 0 Å². The molecule has 0 amide bonds. The van der Waals surface area contributed by atoms with E-state index in [9.17, 15) is 13.5 Å². The number of rotatable bonds is 4. The first-order valence-corrected chi connectivity index (χ1v) is 9.76. The first-order chi connectivity index (χ1) is 10.7. The quantitative estimate of drug-likeness (QED) is 0.664. The molecule has 0 aliphatic carbocycles. The fourth-order valence-corrected chi connectivity index (χ4v) is 4.52. The van der Waals surface area contributed by atoms with Gasteiger partial charge in [-0.1, -0.05) is 0 Å². The van der Waals surface area contributed by atoms with Crippen LogP contribution in [-0.2, 0) is 10.0 Å². The second-order valence-corrected chi connectivity index (χ2v) is 8.83. The number of aliphatic hydroxyl groups excluding tert-OH is 1. The van der Waals surface area contributed by atoms with Crippen molar-refractivity contribution in [3.05, 3.63) is 16.1 Å². The summed E-state index contributed by atoms with van der Waals surface area (Å²) in [6, 6.07) is -0.0988. The Morgan fingerprint density at radius 3 is 2.65 bits per heavy atom. The van der Waals surface area contributed by atoms with Crippen molar-refractivity contribution in [3.63, 3.8) is 0 Å². The van der Waals surface area contributed by atoms with Crippen LogP contribution >= 0.6 is 11.3 Å². The third kappa shape index (κ3) is 2.92. The van der Waals surface area contributed by atoms with Gasteiger partial charge in [0, 0.05) is 24.5 Å². The number of nitrogens with two attached hydrogens (primary N) is 1. The van der Waals surface area contributed by atoms with Crippen molar-refractivity contribution < 1.29 is 13.5 Å². The van der Waals surface area contributed by atoms with Gasteiger partial charge in [0.05, 0.1) is 22.5 Å². The summed E-state index contributed by atoms with van der Waals surface area (Å²) in [5, 5.41) is 22.4. The zero-order valence-electron chi connectivity index (χ0n) is 13.1. The van der Waals surface area contributed by atoms with E-state index in [4.69, 9.17) is 5.73 Å². The van der Waals surface area contributed by atoms with E-state index in [1.54, 1.807) is 0 Å². The molecule has 3 rings (SSSR count). The number of anilines is 1. The molecule has 23 heavy (non-hydrogen) atoms. The molecule has 1 fully saturated rings. The van der Waals surface area contributed by atoms with Gasteiger partial charge >= 0.3 is 0 Å². The van der Waals surface area contributed by atoms with Gasteiger partial charge < -0.3 is 10.8 Å². The highest BCUT2D eigenvalue weighted by Crippen LogP contribution is 2.38. The number of aryl methyl sites for hydroxylation is 2. The highest BCUT2D eigenvalue weighted by Gasteiger charge is 2.35. The van der Waals surface area contributed by atoms with Crippen molar-refractivity contribution in [2.45, 2.75) is 26.1 Å². The lowest BCUT2D eigenvalue weighted by molar-refractivity contribution is 0.0925. The predicted octanol–water partition coefficient (Wildman–Crippen LogP) is 0.115. The van der Waals surface area contributed by atoms with Gasteiger partial charge in [-0.15, -0.1) is 16.4 Å². The van der Waals surface area contributed by atoms with Crippen molar-refractivity contribution in [2.75, 3.05) is 25.1 Å². The van der Waals surface area contributed by atoms with E-state index in [0.29, 0.717) is 28.5 Å². The third-order valence-electron chi connectivity index (χ3n) is 4.12. The molecule has 0 saturated carbocycles. The van der Waals surface area contributed by atoms with Gasteiger partial charge in [0.25, 0.3) is 0 Å². The molecule has 4 N–H and O–H groups in total. The number of thiophene rings is 1. The van der Waals surface area contributed by atoms with E-state index in [-0.39, 0.29) is 6.04 Å². The van der Waals surface area contributed by atoms with Crippen molar-refractivity contribution in [1.82, 2.24) is 19.8 Å². The third-order valence-corrected chi connectivity index (χ3v) is 6.50. The van der Waals surface area contributed by atoms with Crippen molar-refractivity contribution >= 4 is 37.3 Å². The number of nitrogen functional groups attached to an aromatic ring is 1. The van der Waals surface area contributed by atoms with Crippen LogP contribution in [0.25, 0.3) is 10.2 Å². The van der Waals surface area contributed by atoms with Gasteiger partial charge in [-0.05, 0) is 19.4 Å². The standard InChI is InChI=1S/C13H19N5O3S2/c1-6-7(2)16-17-13-9(6)10(14)11(22-13)12(19)15-8-4-18(5-8)23(3,20)21/h8,12,15,19H,4-5,14H2,1-3H3. The molecule has 0 spiro atoms. The molecule has 1 aliphatic rings. The van der Waals surface area contributed by atoms with Gasteiger partial charge in [-0.3, -0.25) is 5.32 Å². The maximum absolute atomic E-state index is 11.4. The number of nitrogens with zero attached hydrogens (tertiary/aromatic N) is 3.